The van der Waals surface area contributed by atoms with Gasteiger partial charge in [-0.05, 0) is 60.7 Å². The Morgan fingerprint density at radius 2 is 1.48 bits per heavy atom. The number of aliphatic imine (C=N–C) groups is 2. The molecule has 42 heavy (non-hydrogen) atoms. The third-order valence-electron chi connectivity index (χ3n) is 6.43. The summed E-state index contributed by atoms with van der Waals surface area (Å²) >= 11 is 5.91. The van der Waals surface area contributed by atoms with Crippen molar-refractivity contribution in [3.63, 3.8) is 0 Å². The largest absolute Gasteiger partial charge is 0.497 e. The molecule has 2 aliphatic heterocycles. The van der Waals surface area contributed by atoms with E-state index in [-0.39, 0.29) is 36.1 Å². The van der Waals surface area contributed by atoms with E-state index in [4.69, 9.17) is 26.1 Å². The maximum atomic E-state index is 13.3. The molecule has 3 aromatic rings. The number of halogens is 1. The van der Waals surface area contributed by atoms with Gasteiger partial charge in [0, 0.05) is 21.8 Å². The highest BCUT2D eigenvalue weighted by Crippen LogP contribution is 2.21. The van der Waals surface area contributed by atoms with Crippen LogP contribution in [-0.4, -0.2) is 61.0 Å². The summed E-state index contributed by atoms with van der Waals surface area (Å²) < 4.78 is 10.4. The van der Waals surface area contributed by atoms with Crippen molar-refractivity contribution in [2.24, 2.45) is 20.2 Å². The second kappa shape index (κ2) is 12.6. The Morgan fingerprint density at radius 3 is 2.19 bits per heavy atom. The summed E-state index contributed by atoms with van der Waals surface area (Å²) in [6, 6.07) is 18.6. The molecule has 5 rings (SSSR count). The molecule has 1 atom stereocenters. The summed E-state index contributed by atoms with van der Waals surface area (Å²) in [7, 11) is 3.06. The van der Waals surface area contributed by atoms with Crippen molar-refractivity contribution in [3.8, 4) is 11.5 Å². The molecular weight excluding hydrogens is 560 g/mol. The molecule has 0 fully saturated rings. The predicted octanol–water partition coefficient (Wildman–Crippen LogP) is 5.01. The molecule has 0 saturated heterocycles. The monoisotopic (exact) mass is 584 g/mol. The summed E-state index contributed by atoms with van der Waals surface area (Å²) in [5.74, 6) is 1.01. The number of ether oxygens (including phenoxy) is 2. The van der Waals surface area contributed by atoms with Gasteiger partial charge in [0.1, 0.15) is 11.5 Å². The molecule has 2 heterocycles. The van der Waals surface area contributed by atoms with Crippen LogP contribution in [-0.2, 0) is 0 Å². The number of nitrogens with zero attached hydrogens (tertiary/aromatic N) is 4. The summed E-state index contributed by atoms with van der Waals surface area (Å²) in [6.07, 6.45) is -0.266. The summed E-state index contributed by atoms with van der Waals surface area (Å²) in [5.41, 5.74) is 1.97. The van der Waals surface area contributed by atoms with Crippen LogP contribution in [0.2, 0.25) is 5.02 Å². The summed E-state index contributed by atoms with van der Waals surface area (Å²) in [5, 5.41) is 14.0. The number of nitrogens with one attached hydrogen (secondary N) is 2. The zero-order chi connectivity index (χ0) is 29.6. The van der Waals surface area contributed by atoms with Crippen LogP contribution < -0.4 is 20.1 Å². The lowest BCUT2D eigenvalue weighted by Gasteiger charge is -2.19. The molecule has 11 nitrogen and oxygen atoms in total. The number of urea groups is 1. The molecule has 0 aliphatic carbocycles. The molecule has 0 unspecified atom stereocenters. The standard InChI is InChI=1S/C30H25ClN6O5/c1-41-21-12-6-17(7-13-21)25(38)16-24-23(15-26(39)18-4-3-5-22(14-18)42-2)33-27-28(34-24)36-37-29(27)35-30(40)32-20-10-8-19(31)9-11-20/h3-14,27H,15-16H2,1-2H3,(H2,32,35,37,40)/t27-/m1/s1. The third kappa shape index (κ3) is 6.58. The van der Waals surface area contributed by atoms with E-state index >= 15 is 0 Å². The molecule has 2 N–H and O–H groups in total. The Kier molecular flexibility index (Phi) is 8.49. The maximum absolute atomic E-state index is 13.3. The first-order valence-corrected chi connectivity index (χ1v) is 13.2. The van der Waals surface area contributed by atoms with Crippen molar-refractivity contribution in [1.29, 1.82) is 0 Å². The lowest BCUT2D eigenvalue weighted by atomic mass is 9.96. The first-order chi connectivity index (χ1) is 20.3. The van der Waals surface area contributed by atoms with Crippen molar-refractivity contribution in [1.82, 2.24) is 5.32 Å². The molecule has 0 saturated carbocycles. The smallest absolute Gasteiger partial charge is 0.324 e. The number of benzene rings is 3. The van der Waals surface area contributed by atoms with E-state index in [2.05, 4.69) is 25.8 Å². The number of carbonyl (C=O) groups is 3. The van der Waals surface area contributed by atoms with Crippen LogP contribution in [0.3, 0.4) is 0 Å². The highest BCUT2D eigenvalue weighted by Gasteiger charge is 2.34. The van der Waals surface area contributed by atoms with Gasteiger partial charge >= 0.3 is 6.03 Å². The SMILES string of the molecule is COc1ccc(C(=O)CC2=NC3=NN=C(NC(=O)Nc4ccc(Cl)cc4)[C@@H]3N=C2CC(=O)c2cccc(OC)c2)cc1. The number of carbonyl (C=O) groups excluding carboxylic acids is 3. The average molecular weight is 585 g/mol. The normalized spacial score (nSPS) is 15.4. The van der Waals surface area contributed by atoms with Crippen LogP contribution in [0.5, 0.6) is 11.5 Å². The number of Topliss-reactive ketones (excluding diaryl/α,β-unsaturated/α-hetero) is 2. The minimum Gasteiger partial charge on any atom is -0.497 e. The van der Waals surface area contributed by atoms with Crippen molar-refractivity contribution in [3.05, 3.63) is 88.9 Å². The van der Waals surface area contributed by atoms with E-state index in [1.54, 1.807) is 79.9 Å². The Bertz CT molecular complexity index is 1660. The fourth-order valence-corrected chi connectivity index (χ4v) is 4.37. The van der Waals surface area contributed by atoms with Crippen LogP contribution in [0.1, 0.15) is 33.6 Å². The average Bonchev–Trinajstić information content (AvgIpc) is 3.39. The maximum Gasteiger partial charge on any atom is 0.324 e. The van der Waals surface area contributed by atoms with Gasteiger partial charge in [-0.3, -0.25) is 19.9 Å². The molecule has 2 amide bonds. The van der Waals surface area contributed by atoms with Crippen LogP contribution >= 0.6 is 11.6 Å². The van der Waals surface area contributed by atoms with E-state index in [1.165, 1.54) is 7.11 Å². The number of hydrogen-bond acceptors (Lipinski definition) is 9. The molecule has 0 bridgehead atoms. The van der Waals surface area contributed by atoms with Crippen LogP contribution in [0.4, 0.5) is 10.5 Å². The second-order valence-corrected chi connectivity index (χ2v) is 9.66. The fraction of sp³-hybridized carbons (Fsp3) is 0.167. The van der Waals surface area contributed by atoms with Gasteiger partial charge in [0.2, 0.25) is 0 Å². The van der Waals surface area contributed by atoms with Gasteiger partial charge in [0.15, 0.2) is 29.3 Å². The molecule has 0 aromatic heterocycles. The van der Waals surface area contributed by atoms with Crippen LogP contribution in [0.15, 0.2) is 93.0 Å². The number of fused-ring (bicyclic) bond motifs is 1. The highest BCUT2D eigenvalue weighted by atomic mass is 35.5. The quantitative estimate of drug-likeness (QED) is 0.340. The minimum absolute atomic E-state index is 0.123. The van der Waals surface area contributed by atoms with E-state index < -0.39 is 12.1 Å². The van der Waals surface area contributed by atoms with Crippen molar-refractivity contribution < 1.29 is 23.9 Å². The van der Waals surface area contributed by atoms with Crippen molar-refractivity contribution in [2.45, 2.75) is 18.9 Å². The third-order valence-corrected chi connectivity index (χ3v) is 6.69. The van der Waals surface area contributed by atoms with Gasteiger partial charge in [0.25, 0.3) is 0 Å². The van der Waals surface area contributed by atoms with Gasteiger partial charge in [-0.25, -0.2) is 9.79 Å². The van der Waals surface area contributed by atoms with Gasteiger partial charge in [0.05, 0.1) is 38.5 Å². The zero-order valence-corrected chi connectivity index (χ0v) is 23.4. The Balaban J connectivity index is 1.37. The molecule has 212 valence electrons. The highest BCUT2D eigenvalue weighted by molar-refractivity contribution is 6.51. The van der Waals surface area contributed by atoms with E-state index in [1.807, 2.05) is 0 Å². The number of amides is 2. The van der Waals surface area contributed by atoms with Gasteiger partial charge in [-0.2, -0.15) is 0 Å². The molecule has 0 spiro atoms. The number of anilines is 1. The lowest BCUT2D eigenvalue weighted by molar-refractivity contribution is 0.0989. The molecular formula is C30H25ClN6O5. The molecule has 12 heteroatoms. The predicted molar refractivity (Wildman–Crippen MR) is 161 cm³/mol. The number of rotatable bonds is 9. The van der Waals surface area contributed by atoms with E-state index in [0.29, 0.717) is 44.8 Å². The van der Waals surface area contributed by atoms with Gasteiger partial charge < -0.3 is 14.8 Å². The summed E-state index contributed by atoms with van der Waals surface area (Å²) in [6.45, 7) is 0. The van der Waals surface area contributed by atoms with Gasteiger partial charge in [-0.1, -0.05) is 23.7 Å². The molecule has 0 radical (unpaired) electrons. The zero-order valence-electron chi connectivity index (χ0n) is 22.6. The first kappa shape index (κ1) is 28.4. The number of hydrogen-bond donors (Lipinski definition) is 2. The fourth-order valence-electron chi connectivity index (χ4n) is 4.25. The van der Waals surface area contributed by atoms with E-state index in [0.717, 1.165) is 0 Å². The lowest BCUT2D eigenvalue weighted by Crippen LogP contribution is -2.44. The van der Waals surface area contributed by atoms with Crippen LogP contribution in [0.25, 0.3) is 0 Å². The number of methoxy groups -OCH3 is 2. The Morgan fingerprint density at radius 1 is 0.786 bits per heavy atom. The number of ketones is 2. The summed E-state index contributed by atoms with van der Waals surface area (Å²) in [4.78, 5) is 48.4. The first-order valence-electron chi connectivity index (χ1n) is 12.8. The Hall–Kier alpha value is -5.16. The minimum atomic E-state index is -0.853. The van der Waals surface area contributed by atoms with Crippen molar-refractivity contribution in [2.75, 3.05) is 19.5 Å². The second-order valence-electron chi connectivity index (χ2n) is 9.23. The molecule has 3 aromatic carbocycles. The van der Waals surface area contributed by atoms with Gasteiger partial charge in [-0.15, -0.1) is 10.2 Å². The van der Waals surface area contributed by atoms with Crippen LogP contribution in [0, 0.1) is 0 Å². The van der Waals surface area contributed by atoms with Crippen molar-refractivity contribution >= 4 is 58.0 Å². The Labute approximate surface area is 246 Å². The topological polar surface area (TPSA) is 143 Å². The molecule has 2 aliphatic rings. The van der Waals surface area contributed by atoms with E-state index in [9.17, 15) is 14.4 Å². The number of amidine groups is 2.